The van der Waals surface area contributed by atoms with Gasteiger partial charge in [-0.1, -0.05) is 6.07 Å². The molecular weight excluding hydrogens is 374 g/mol. The minimum atomic E-state index is -3.53. The van der Waals surface area contributed by atoms with Crippen LogP contribution in [0.2, 0.25) is 0 Å². The number of nitrogens with one attached hydrogen (secondary N) is 2. The van der Waals surface area contributed by atoms with Crippen molar-refractivity contribution in [3.05, 3.63) is 23.8 Å². The number of carbonyl (C=O) groups excluding carboxylic acids is 1. The summed E-state index contributed by atoms with van der Waals surface area (Å²) < 4.78 is 27.4. The van der Waals surface area contributed by atoms with E-state index < -0.39 is 10.0 Å². The molecule has 0 spiro atoms. The van der Waals surface area contributed by atoms with Crippen LogP contribution in [0.15, 0.2) is 23.1 Å². The van der Waals surface area contributed by atoms with E-state index in [9.17, 15) is 13.2 Å². The highest BCUT2D eigenvalue weighted by molar-refractivity contribution is 7.89. The molecule has 0 radical (unpaired) electrons. The molecule has 26 heavy (non-hydrogen) atoms. The second-order valence-electron chi connectivity index (χ2n) is 7.19. The van der Waals surface area contributed by atoms with Crippen molar-refractivity contribution in [1.29, 1.82) is 0 Å². The van der Waals surface area contributed by atoms with Crippen molar-refractivity contribution in [3.8, 4) is 0 Å². The fraction of sp³-hybridized carbons (Fsp3) is 0.611. The molecule has 6 nitrogen and oxygen atoms in total. The van der Waals surface area contributed by atoms with Crippen LogP contribution in [0.5, 0.6) is 0 Å². The number of amides is 1. The van der Waals surface area contributed by atoms with E-state index in [1.165, 1.54) is 19.8 Å². The molecule has 1 amide bonds. The van der Waals surface area contributed by atoms with Crippen molar-refractivity contribution in [2.24, 2.45) is 5.92 Å². The minimum Gasteiger partial charge on any atom is -0.326 e. The van der Waals surface area contributed by atoms with E-state index in [1.807, 2.05) is 6.92 Å². The van der Waals surface area contributed by atoms with Gasteiger partial charge in [0.05, 0.1) is 4.90 Å². The number of aryl methyl sites for hydroxylation is 1. The molecule has 1 heterocycles. The highest BCUT2D eigenvalue weighted by Gasteiger charge is 2.30. The third kappa shape index (κ3) is 5.19. The van der Waals surface area contributed by atoms with Gasteiger partial charge in [-0.3, -0.25) is 4.79 Å². The highest BCUT2D eigenvalue weighted by atomic mass is 35.5. The van der Waals surface area contributed by atoms with E-state index in [0.717, 1.165) is 30.9 Å². The predicted molar refractivity (Wildman–Crippen MR) is 105 cm³/mol. The molecule has 1 aliphatic heterocycles. The Kier molecular flexibility index (Phi) is 7.07. The molecule has 2 N–H and O–H groups in total. The van der Waals surface area contributed by atoms with Crippen molar-refractivity contribution < 1.29 is 13.2 Å². The lowest BCUT2D eigenvalue weighted by Gasteiger charge is -2.32. The van der Waals surface area contributed by atoms with Crippen LogP contribution >= 0.6 is 12.4 Å². The number of hydrogen-bond donors (Lipinski definition) is 2. The summed E-state index contributed by atoms with van der Waals surface area (Å²) in [4.78, 5) is 11.5. The smallest absolute Gasteiger partial charge is 0.243 e. The van der Waals surface area contributed by atoms with E-state index in [0.29, 0.717) is 24.8 Å². The molecular formula is C18H28ClN3O3S. The summed E-state index contributed by atoms with van der Waals surface area (Å²) in [5.41, 5.74) is 1.40. The zero-order valence-electron chi connectivity index (χ0n) is 15.3. The molecule has 0 unspecified atom stereocenters. The van der Waals surface area contributed by atoms with Crippen LogP contribution in [-0.2, 0) is 14.8 Å². The Labute approximate surface area is 162 Å². The lowest BCUT2D eigenvalue weighted by atomic mass is 10.1. The molecule has 1 saturated carbocycles. The van der Waals surface area contributed by atoms with E-state index in [1.54, 1.807) is 22.5 Å². The van der Waals surface area contributed by atoms with Crippen molar-refractivity contribution in [1.82, 2.24) is 9.62 Å². The van der Waals surface area contributed by atoms with Gasteiger partial charge < -0.3 is 10.6 Å². The number of halogens is 1. The third-order valence-corrected chi connectivity index (χ3v) is 6.90. The topological polar surface area (TPSA) is 78.5 Å². The summed E-state index contributed by atoms with van der Waals surface area (Å²) in [5.74, 6) is 0.627. The molecule has 1 aromatic carbocycles. The van der Waals surface area contributed by atoms with Crippen molar-refractivity contribution >= 4 is 34.0 Å². The zero-order chi connectivity index (χ0) is 18.0. The number of nitrogens with zero attached hydrogens (tertiary/aromatic N) is 1. The average Bonchev–Trinajstić information content (AvgIpc) is 3.39. The molecule has 1 aromatic rings. The monoisotopic (exact) mass is 401 g/mol. The van der Waals surface area contributed by atoms with E-state index in [4.69, 9.17) is 0 Å². The van der Waals surface area contributed by atoms with Gasteiger partial charge in [0.1, 0.15) is 0 Å². The van der Waals surface area contributed by atoms with Gasteiger partial charge in [0.25, 0.3) is 0 Å². The average molecular weight is 402 g/mol. The van der Waals surface area contributed by atoms with Gasteiger partial charge in [0.2, 0.25) is 15.9 Å². The summed E-state index contributed by atoms with van der Waals surface area (Å²) in [6.07, 6.45) is 4.33. The van der Waals surface area contributed by atoms with Gasteiger partial charge in [-0.05, 0) is 62.8 Å². The minimum absolute atomic E-state index is 0. The molecule has 0 atom stereocenters. The fourth-order valence-corrected chi connectivity index (χ4v) is 4.69. The molecule has 0 bridgehead atoms. The van der Waals surface area contributed by atoms with Gasteiger partial charge in [-0.15, -0.1) is 12.4 Å². The summed E-state index contributed by atoms with van der Waals surface area (Å²) >= 11 is 0. The van der Waals surface area contributed by atoms with Crippen LogP contribution in [0.1, 0.15) is 38.2 Å². The van der Waals surface area contributed by atoms with Gasteiger partial charge in [-0.2, -0.15) is 4.31 Å². The molecule has 1 aliphatic carbocycles. The van der Waals surface area contributed by atoms with Crippen molar-refractivity contribution in [3.63, 3.8) is 0 Å². The zero-order valence-corrected chi connectivity index (χ0v) is 17.0. The van der Waals surface area contributed by atoms with Gasteiger partial charge in [0, 0.05) is 31.7 Å². The van der Waals surface area contributed by atoms with E-state index >= 15 is 0 Å². The Morgan fingerprint density at radius 3 is 2.42 bits per heavy atom. The second-order valence-corrected chi connectivity index (χ2v) is 9.13. The Hall–Kier alpha value is -1.15. The first kappa shape index (κ1) is 21.2. The van der Waals surface area contributed by atoms with Gasteiger partial charge in [0.15, 0.2) is 0 Å². The first-order chi connectivity index (χ1) is 11.9. The molecule has 2 aliphatic rings. The summed E-state index contributed by atoms with van der Waals surface area (Å²) in [6.45, 7) is 5.40. The van der Waals surface area contributed by atoms with Crippen LogP contribution in [0.25, 0.3) is 0 Å². The number of piperidine rings is 1. The summed E-state index contributed by atoms with van der Waals surface area (Å²) in [7, 11) is -3.53. The van der Waals surface area contributed by atoms with E-state index in [2.05, 4.69) is 10.6 Å². The van der Waals surface area contributed by atoms with Crippen molar-refractivity contribution in [2.75, 3.05) is 25.0 Å². The Morgan fingerprint density at radius 1 is 1.19 bits per heavy atom. The number of carbonyl (C=O) groups is 1. The predicted octanol–water partition coefficient (Wildman–Crippen LogP) is 2.53. The largest absolute Gasteiger partial charge is 0.326 e. The van der Waals surface area contributed by atoms with Gasteiger partial charge in [-0.25, -0.2) is 8.42 Å². The van der Waals surface area contributed by atoms with Gasteiger partial charge >= 0.3 is 0 Å². The number of sulfonamides is 1. The highest BCUT2D eigenvalue weighted by Crippen LogP contribution is 2.29. The standard InChI is InChI=1S/C18H27N3O3S.ClH/c1-13-3-6-17(11-18(13)20-14(2)22)25(23,24)21-9-7-16(8-10-21)19-12-15-4-5-15;/h3,6,11,15-16,19H,4-5,7-10,12H2,1-2H3,(H,20,22);1H. The van der Waals surface area contributed by atoms with Crippen molar-refractivity contribution in [2.45, 2.75) is 50.5 Å². The van der Waals surface area contributed by atoms with Crippen LogP contribution in [0.4, 0.5) is 5.69 Å². The Morgan fingerprint density at radius 2 is 1.85 bits per heavy atom. The molecule has 146 valence electrons. The summed E-state index contributed by atoms with van der Waals surface area (Å²) in [6, 6.07) is 5.33. The maximum Gasteiger partial charge on any atom is 0.243 e. The first-order valence-electron chi connectivity index (χ1n) is 8.98. The normalized spacial score (nSPS) is 19.0. The molecule has 3 rings (SSSR count). The number of anilines is 1. The Balaban J connectivity index is 0.00000243. The van der Waals surface area contributed by atoms with Crippen LogP contribution in [-0.4, -0.2) is 44.3 Å². The quantitative estimate of drug-likeness (QED) is 0.767. The lowest BCUT2D eigenvalue weighted by molar-refractivity contribution is -0.114. The number of hydrogen-bond acceptors (Lipinski definition) is 4. The number of rotatable bonds is 6. The second kappa shape index (κ2) is 8.69. The molecule has 8 heteroatoms. The summed E-state index contributed by atoms with van der Waals surface area (Å²) in [5, 5.41) is 6.26. The SMILES string of the molecule is CC(=O)Nc1cc(S(=O)(=O)N2CCC(NCC3CC3)CC2)ccc1C.Cl. The lowest BCUT2D eigenvalue weighted by Crippen LogP contribution is -2.45. The maximum absolute atomic E-state index is 12.9. The van der Waals surface area contributed by atoms with Crippen LogP contribution in [0.3, 0.4) is 0 Å². The third-order valence-electron chi connectivity index (χ3n) is 5.00. The molecule has 1 saturated heterocycles. The van der Waals surface area contributed by atoms with Crippen LogP contribution < -0.4 is 10.6 Å². The maximum atomic E-state index is 12.9. The number of benzene rings is 1. The van der Waals surface area contributed by atoms with Crippen LogP contribution in [0, 0.1) is 12.8 Å². The molecule has 0 aromatic heterocycles. The Bertz CT molecular complexity index is 742. The van der Waals surface area contributed by atoms with E-state index in [-0.39, 0.29) is 23.2 Å². The fourth-order valence-electron chi connectivity index (χ4n) is 3.19. The first-order valence-corrected chi connectivity index (χ1v) is 10.4. The molecule has 2 fully saturated rings.